The highest BCUT2D eigenvalue weighted by Crippen LogP contribution is 2.24. The van der Waals surface area contributed by atoms with Crippen molar-refractivity contribution in [1.82, 2.24) is 19.7 Å². The van der Waals surface area contributed by atoms with Gasteiger partial charge in [-0.1, -0.05) is 24.3 Å². The number of hydrogen-bond donors (Lipinski definition) is 1. The maximum atomic E-state index is 13.2. The van der Waals surface area contributed by atoms with Crippen LogP contribution in [0.4, 0.5) is 10.1 Å². The molecule has 37 heavy (non-hydrogen) atoms. The van der Waals surface area contributed by atoms with Gasteiger partial charge in [0.05, 0.1) is 26.0 Å². The number of hydrogen-bond acceptors (Lipinski definition) is 5. The van der Waals surface area contributed by atoms with E-state index >= 15 is 0 Å². The van der Waals surface area contributed by atoms with Crippen molar-refractivity contribution in [1.29, 1.82) is 0 Å². The van der Waals surface area contributed by atoms with Crippen LogP contribution in [0.15, 0.2) is 85.5 Å². The van der Waals surface area contributed by atoms with Gasteiger partial charge in [-0.05, 0) is 53.1 Å². The number of pyridine rings is 1. The summed E-state index contributed by atoms with van der Waals surface area (Å²) in [6, 6.07) is 16.2. The zero-order valence-corrected chi connectivity index (χ0v) is 20.4. The van der Waals surface area contributed by atoms with Crippen LogP contribution in [0.3, 0.4) is 0 Å². The fraction of sp³-hybridized carbons (Fsp3) is 0.207. The number of benzene rings is 2. The molecule has 1 saturated heterocycles. The second kappa shape index (κ2) is 11.7. The number of morpholine rings is 1. The average molecular weight is 498 g/mol. The van der Waals surface area contributed by atoms with Gasteiger partial charge in [0.1, 0.15) is 5.82 Å². The summed E-state index contributed by atoms with van der Waals surface area (Å²) in [6.45, 7) is 4.84. The monoisotopic (exact) mass is 497 g/mol. The average Bonchev–Trinajstić information content (AvgIpc) is 3.39. The molecule has 0 unspecified atom stereocenters. The lowest BCUT2D eigenvalue weighted by atomic mass is 10.0. The SMILES string of the molecule is O=C(C=Cc1cnccc1-c1cnn(Cc2ccc(F)cc2)c1)Nc1ccc(CN2CCOCC2)cc1. The highest BCUT2D eigenvalue weighted by molar-refractivity contribution is 6.02. The van der Waals surface area contributed by atoms with Crippen molar-refractivity contribution in [2.45, 2.75) is 13.1 Å². The largest absolute Gasteiger partial charge is 0.379 e. The van der Waals surface area contributed by atoms with Crippen molar-refractivity contribution in [3.05, 3.63) is 108 Å². The van der Waals surface area contributed by atoms with E-state index in [0.717, 1.165) is 60.8 Å². The van der Waals surface area contributed by atoms with Gasteiger partial charge in [-0.25, -0.2) is 4.39 Å². The van der Waals surface area contributed by atoms with Crippen LogP contribution in [0, 0.1) is 5.82 Å². The molecule has 0 aliphatic carbocycles. The lowest BCUT2D eigenvalue weighted by Crippen LogP contribution is -2.35. The first kappa shape index (κ1) is 24.5. The summed E-state index contributed by atoms with van der Waals surface area (Å²) in [5.41, 5.74) is 5.53. The molecule has 1 aliphatic rings. The molecular weight excluding hydrogens is 469 g/mol. The number of carbonyl (C=O) groups is 1. The van der Waals surface area contributed by atoms with Gasteiger partial charge in [0.25, 0.3) is 0 Å². The molecule has 1 fully saturated rings. The smallest absolute Gasteiger partial charge is 0.248 e. The third kappa shape index (κ3) is 6.75. The van der Waals surface area contributed by atoms with E-state index < -0.39 is 0 Å². The number of aromatic nitrogens is 3. The van der Waals surface area contributed by atoms with Crippen molar-refractivity contribution in [3.63, 3.8) is 0 Å². The molecule has 0 bridgehead atoms. The Bertz CT molecular complexity index is 1360. The molecule has 1 amide bonds. The Kier molecular flexibility index (Phi) is 7.78. The number of nitrogens with one attached hydrogen (secondary N) is 1. The van der Waals surface area contributed by atoms with Gasteiger partial charge in [-0.2, -0.15) is 5.10 Å². The van der Waals surface area contributed by atoms with Crippen molar-refractivity contribution >= 4 is 17.7 Å². The molecule has 0 radical (unpaired) electrons. The number of carbonyl (C=O) groups excluding carboxylic acids is 1. The third-order valence-electron chi connectivity index (χ3n) is 6.20. The first-order valence-electron chi connectivity index (χ1n) is 12.2. The normalized spacial score (nSPS) is 14.2. The first-order valence-corrected chi connectivity index (χ1v) is 12.2. The van der Waals surface area contributed by atoms with Crippen LogP contribution in [0.2, 0.25) is 0 Å². The van der Waals surface area contributed by atoms with Crippen LogP contribution in [0.1, 0.15) is 16.7 Å². The summed E-state index contributed by atoms with van der Waals surface area (Å²) in [5, 5.41) is 7.35. The number of ether oxygens (including phenoxy) is 1. The molecule has 5 rings (SSSR count). The lowest BCUT2D eigenvalue weighted by Gasteiger charge is -2.26. The molecule has 7 nitrogen and oxygen atoms in total. The van der Waals surface area contributed by atoms with Crippen molar-refractivity contribution in [3.8, 4) is 11.1 Å². The number of anilines is 1. The molecule has 0 spiro atoms. The van der Waals surface area contributed by atoms with E-state index in [-0.39, 0.29) is 11.7 Å². The van der Waals surface area contributed by atoms with E-state index in [4.69, 9.17) is 4.74 Å². The minimum absolute atomic E-state index is 0.220. The molecule has 2 aromatic carbocycles. The minimum Gasteiger partial charge on any atom is -0.379 e. The Labute approximate surface area is 215 Å². The highest BCUT2D eigenvalue weighted by Gasteiger charge is 2.11. The van der Waals surface area contributed by atoms with E-state index in [1.807, 2.05) is 36.5 Å². The van der Waals surface area contributed by atoms with E-state index in [1.165, 1.54) is 23.8 Å². The zero-order chi connectivity index (χ0) is 25.5. The molecule has 8 heteroatoms. The van der Waals surface area contributed by atoms with Crippen molar-refractivity contribution < 1.29 is 13.9 Å². The zero-order valence-electron chi connectivity index (χ0n) is 20.4. The highest BCUT2D eigenvalue weighted by atomic mass is 19.1. The van der Waals surface area contributed by atoms with Crippen LogP contribution in [0.25, 0.3) is 17.2 Å². The Morgan fingerprint density at radius 1 is 0.973 bits per heavy atom. The number of nitrogens with zero attached hydrogens (tertiary/aromatic N) is 4. The Morgan fingerprint density at radius 3 is 2.49 bits per heavy atom. The van der Waals surface area contributed by atoms with Crippen LogP contribution >= 0.6 is 0 Å². The van der Waals surface area contributed by atoms with Gasteiger partial charge in [-0.15, -0.1) is 0 Å². The molecule has 2 aromatic heterocycles. The first-order chi connectivity index (χ1) is 18.1. The molecule has 1 N–H and O–H groups in total. The maximum Gasteiger partial charge on any atom is 0.248 e. The van der Waals surface area contributed by atoms with Gasteiger partial charge >= 0.3 is 0 Å². The number of amides is 1. The summed E-state index contributed by atoms with van der Waals surface area (Å²) < 4.78 is 20.4. The maximum absolute atomic E-state index is 13.2. The van der Waals surface area contributed by atoms with Gasteiger partial charge in [0.2, 0.25) is 5.91 Å². The molecule has 3 heterocycles. The Balaban J connectivity index is 1.21. The van der Waals surface area contributed by atoms with Crippen LogP contribution in [-0.4, -0.2) is 51.9 Å². The summed E-state index contributed by atoms with van der Waals surface area (Å²) in [7, 11) is 0. The second-order valence-corrected chi connectivity index (χ2v) is 8.92. The molecule has 0 saturated carbocycles. The molecular formula is C29H28FN5O2. The van der Waals surface area contributed by atoms with Crippen LogP contribution in [-0.2, 0) is 22.6 Å². The minimum atomic E-state index is -0.261. The summed E-state index contributed by atoms with van der Waals surface area (Å²) in [4.78, 5) is 19.2. The topological polar surface area (TPSA) is 72.3 Å². The fourth-order valence-corrected chi connectivity index (χ4v) is 4.23. The van der Waals surface area contributed by atoms with Gasteiger partial charge in [0, 0.05) is 61.1 Å². The molecule has 1 aliphatic heterocycles. The third-order valence-corrected chi connectivity index (χ3v) is 6.20. The second-order valence-electron chi connectivity index (χ2n) is 8.92. The molecule has 4 aromatic rings. The quantitative estimate of drug-likeness (QED) is 0.360. The van der Waals surface area contributed by atoms with E-state index in [2.05, 4.69) is 20.3 Å². The summed E-state index contributed by atoms with van der Waals surface area (Å²) in [6.07, 6.45) is 10.4. The van der Waals surface area contributed by atoms with E-state index in [1.54, 1.807) is 41.5 Å². The number of halogens is 1. The standard InChI is InChI=1S/C29H28FN5O2/c30-26-6-1-23(2-7-26)20-35-21-25(18-32-35)28-11-12-31-17-24(28)5-10-29(36)33-27-8-3-22(4-9-27)19-34-13-15-37-16-14-34/h1-12,17-18,21H,13-16,19-20H2,(H,33,36). The van der Waals surface area contributed by atoms with Gasteiger partial charge in [-0.3, -0.25) is 19.4 Å². The van der Waals surface area contributed by atoms with E-state index in [0.29, 0.717) is 6.54 Å². The number of rotatable bonds is 8. The predicted molar refractivity (Wildman–Crippen MR) is 141 cm³/mol. The fourth-order valence-electron chi connectivity index (χ4n) is 4.23. The van der Waals surface area contributed by atoms with Crippen LogP contribution < -0.4 is 5.32 Å². The predicted octanol–water partition coefficient (Wildman–Crippen LogP) is 4.62. The van der Waals surface area contributed by atoms with Gasteiger partial charge in [0.15, 0.2) is 0 Å². The Hall–Kier alpha value is -4.14. The summed E-state index contributed by atoms with van der Waals surface area (Å²) in [5.74, 6) is -0.481. The molecule has 188 valence electrons. The lowest BCUT2D eigenvalue weighted by molar-refractivity contribution is -0.111. The van der Waals surface area contributed by atoms with Crippen molar-refractivity contribution in [2.75, 3.05) is 31.6 Å². The summed E-state index contributed by atoms with van der Waals surface area (Å²) >= 11 is 0. The molecule has 0 atom stereocenters. The van der Waals surface area contributed by atoms with Crippen LogP contribution in [0.5, 0.6) is 0 Å². The van der Waals surface area contributed by atoms with E-state index in [9.17, 15) is 9.18 Å². The van der Waals surface area contributed by atoms with Crippen molar-refractivity contribution in [2.24, 2.45) is 0 Å². The van der Waals surface area contributed by atoms with Gasteiger partial charge < -0.3 is 10.1 Å². The Morgan fingerprint density at radius 2 is 1.70 bits per heavy atom.